The van der Waals surface area contributed by atoms with Crippen LogP contribution < -0.4 is 5.11 Å². The van der Waals surface area contributed by atoms with Crippen molar-refractivity contribution in [3.8, 4) is 0 Å². The van der Waals surface area contributed by atoms with E-state index in [0.29, 0.717) is 0 Å². The molecular formula is C3H4Cl3OTi. The fourth-order valence-electron chi connectivity index (χ4n) is 0. The van der Waals surface area contributed by atoms with Crippen molar-refractivity contribution in [1.29, 1.82) is 0 Å². The fraction of sp³-hybridized carbons (Fsp3) is 1.00. The van der Waals surface area contributed by atoms with Gasteiger partial charge < -0.3 is 5.11 Å². The first-order chi connectivity index (χ1) is 2.94. The normalized spacial score (nSPS) is 14.6. The zero-order valence-electron chi connectivity index (χ0n) is 4.12. The van der Waals surface area contributed by atoms with Gasteiger partial charge in [0.2, 0.25) is 0 Å². The molecule has 0 heterocycles. The van der Waals surface area contributed by atoms with Crippen LogP contribution in [0.3, 0.4) is 0 Å². The van der Waals surface area contributed by atoms with Crippen LogP contribution in [0.25, 0.3) is 0 Å². The van der Waals surface area contributed by atoms with Crippen LogP contribution in [0.2, 0.25) is 0 Å². The van der Waals surface area contributed by atoms with Gasteiger partial charge in [-0.2, -0.15) is 0 Å². The Bertz CT molecular complexity index is 60.0. The molecule has 0 aliphatic heterocycles. The smallest absolute Gasteiger partial charge is 0.838 e. The summed E-state index contributed by atoms with van der Waals surface area (Å²) in [4.78, 5) is 0. The van der Waals surface area contributed by atoms with Crippen LogP contribution in [-0.4, -0.2) is 9.90 Å². The summed E-state index contributed by atoms with van der Waals surface area (Å²) in [5.74, 6) is 0. The molecule has 0 aliphatic carbocycles. The molecule has 1 atom stereocenters. The van der Waals surface area contributed by atoms with Crippen molar-refractivity contribution in [2.24, 2.45) is 0 Å². The monoisotopic (exact) mass is 209 g/mol. The van der Waals surface area contributed by atoms with Gasteiger partial charge in [-0.15, -0.1) is 34.8 Å². The summed E-state index contributed by atoms with van der Waals surface area (Å²) < 4.78 is -1.35. The fourth-order valence-corrected chi connectivity index (χ4v) is 0. The van der Waals surface area contributed by atoms with Crippen LogP contribution in [0.1, 0.15) is 6.92 Å². The van der Waals surface area contributed by atoms with E-state index in [4.69, 9.17) is 34.8 Å². The van der Waals surface area contributed by atoms with Crippen molar-refractivity contribution in [3.63, 3.8) is 0 Å². The molecule has 5 heteroatoms. The molecule has 0 rings (SSSR count). The van der Waals surface area contributed by atoms with E-state index < -0.39 is 9.90 Å². The number of hydrogen-bond donors (Lipinski definition) is 0. The SMILES string of the molecule is CC(Cl)(Cl)C([O-])Cl.[Ti+]. The number of halogens is 3. The third kappa shape index (κ3) is 5.68. The number of alkyl halides is 3. The first-order valence-electron chi connectivity index (χ1n) is 1.62. The summed E-state index contributed by atoms with van der Waals surface area (Å²) in [6, 6.07) is 0. The van der Waals surface area contributed by atoms with Gasteiger partial charge in [0.1, 0.15) is 4.33 Å². The largest absolute Gasteiger partial charge is 1.00 e. The summed E-state index contributed by atoms with van der Waals surface area (Å²) in [6.45, 7) is 1.35. The molecule has 0 saturated carbocycles. The molecule has 1 nitrogen and oxygen atoms in total. The van der Waals surface area contributed by atoms with Crippen LogP contribution in [-0.2, 0) is 21.7 Å². The molecule has 0 amide bonds. The Morgan fingerprint density at radius 2 is 1.62 bits per heavy atom. The van der Waals surface area contributed by atoms with Crippen LogP contribution in [0.5, 0.6) is 0 Å². The van der Waals surface area contributed by atoms with E-state index in [-0.39, 0.29) is 21.7 Å². The maximum atomic E-state index is 10.1. The van der Waals surface area contributed by atoms with E-state index >= 15 is 0 Å². The molecule has 47 valence electrons. The van der Waals surface area contributed by atoms with Gasteiger partial charge >= 0.3 is 21.7 Å². The average molecular weight is 210 g/mol. The van der Waals surface area contributed by atoms with Crippen molar-refractivity contribution in [1.82, 2.24) is 0 Å². The molecule has 0 bridgehead atoms. The van der Waals surface area contributed by atoms with Gasteiger partial charge in [-0.25, -0.2) is 0 Å². The van der Waals surface area contributed by atoms with E-state index in [1.807, 2.05) is 0 Å². The molecule has 0 saturated heterocycles. The molecule has 0 N–H and O–H groups in total. The molecular weight excluding hydrogens is 206 g/mol. The summed E-state index contributed by atoms with van der Waals surface area (Å²) in [6.07, 6.45) is 0. The second kappa shape index (κ2) is 4.37. The predicted octanol–water partition coefficient (Wildman–Crippen LogP) is 1.10. The first-order valence-corrected chi connectivity index (χ1v) is 2.81. The van der Waals surface area contributed by atoms with Crippen molar-refractivity contribution >= 4 is 34.8 Å². The van der Waals surface area contributed by atoms with E-state index in [1.165, 1.54) is 6.92 Å². The van der Waals surface area contributed by atoms with Gasteiger partial charge in [-0.1, -0.05) is 0 Å². The molecule has 8 heavy (non-hydrogen) atoms. The molecule has 1 radical (unpaired) electrons. The minimum absolute atomic E-state index is 0. The Kier molecular flexibility index (Phi) is 6.69. The minimum atomic E-state index is -1.45. The Labute approximate surface area is 78.2 Å². The molecule has 0 aromatic heterocycles. The summed E-state index contributed by atoms with van der Waals surface area (Å²) in [5.41, 5.74) is -1.45. The molecule has 1 unspecified atom stereocenters. The van der Waals surface area contributed by atoms with E-state index in [0.717, 1.165) is 0 Å². The standard InChI is InChI=1S/C3H4Cl3O.Ti/c1-3(5,6)2(4)7;/h2H,1H3;/q-1;+1. The quantitative estimate of drug-likeness (QED) is 0.469. The van der Waals surface area contributed by atoms with Gasteiger partial charge in [-0.05, 0) is 12.5 Å². The topological polar surface area (TPSA) is 23.1 Å². The Morgan fingerprint density at radius 3 is 1.62 bits per heavy atom. The third-order valence-electron chi connectivity index (χ3n) is 0.399. The van der Waals surface area contributed by atoms with Crippen LogP contribution in [0, 0.1) is 0 Å². The van der Waals surface area contributed by atoms with Gasteiger partial charge in [0.05, 0.1) is 0 Å². The van der Waals surface area contributed by atoms with E-state index in [2.05, 4.69) is 0 Å². The molecule has 0 spiro atoms. The molecule has 0 fully saturated rings. The van der Waals surface area contributed by atoms with Gasteiger partial charge in [0, 0.05) is 0 Å². The molecule has 0 aromatic carbocycles. The first kappa shape index (κ1) is 12.2. The predicted molar refractivity (Wildman–Crippen MR) is 29.8 cm³/mol. The second-order valence-corrected chi connectivity index (χ2v) is 3.43. The number of rotatable bonds is 1. The molecule has 0 aromatic rings. The van der Waals surface area contributed by atoms with Gasteiger partial charge in [-0.3, -0.25) is 0 Å². The average Bonchev–Trinajstić information content (AvgIpc) is 1.31. The van der Waals surface area contributed by atoms with Crippen molar-refractivity contribution in [2.45, 2.75) is 16.8 Å². The van der Waals surface area contributed by atoms with Gasteiger partial charge in [0.25, 0.3) is 0 Å². The van der Waals surface area contributed by atoms with Crippen LogP contribution in [0.15, 0.2) is 0 Å². The van der Waals surface area contributed by atoms with Crippen molar-refractivity contribution < 1.29 is 26.8 Å². The maximum absolute atomic E-state index is 10.1. The maximum Gasteiger partial charge on any atom is 1.00 e. The zero-order valence-corrected chi connectivity index (χ0v) is 7.95. The summed E-state index contributed by atoms with van der Waals surface area (Å²) in [5, 5.41) is 10.1. The number of hydrogen-bond acceptors (Lipinski definition) is 1. The second-order valence-electron chi connectivity index (χ2n) is 1.27. The zero-order chi connectivity index (χ0) is 6.08. The Hall–Kier alpha value is 1.54. The summed E-state index contributed by atoms with van der Waals surface area (Å²) >= 11 is 15.3. The third-order valence-corrected chi connectivity index (χ3v) is 1.45. The Morgan fingerprint density at radius 1 is 1.50 bits per heavy atom. The Balaban J connectivity index is 0. The van der Waals surface area contributed by atoms with Crippen molar-refractivity contribution in [2.75, 3.05) is 0 Å². The van der Waals surface area contributed by atoms with E-state index in [1.54, 1.807) is 0 Å². The summed E-state index contributed by atoms with van der Waals surface area (Å²) in [7, 11) is 0. The van der Waals surface area contributed by atoms with Crippen LogP contribution in [0.4, 0.5) is 0 Å². The molecule has 0 aliphatic rings. The van der Waals surface area contributed by atoms with E-state index in [9.17, 15) is 5.11 Å². The van der Waals surface area contributed by atoms with Crippen LogP contribution >= 0.6 is 34.8 Å². The van der Waals surface area contributed by atoms with Gasteiger partial charge in [0.15, 0.2) is 0 Å². The minimum Gasteiger partial charge on any atom is -0.838 e. The van der Waals surface area contributed by atoms with Crippen molar-refractivity contribution in [3.05, 3.63) is 0 Å².